The second-order valence-electron chi connectivity index (χ2n) is 3.99. The lowest BCUT2D eigenvalue weighted by Crippen LogP contribution is -2.17. The van der Waals surface area contributed by atoms with Crippen molar-refractivity contribution in [3.8, 4) is 0 Å². The molecule has 1 rings (SSSR count). The van der Waals surface area contributed by atoms with E-state index in [0.29, 0.717) is 0 Å². The highest BCUT2D eigenvalue weighted by atomic mass is 19.2. The van der Waals surface area contributed by atoms with Crippen LogP contribution in [0.4, 0.5) is 17.6 Å². The fourth-order valence-corrected chi connectivity index (χ4v) is 1.31. The Morgan fingerprint density at radius 1 is 1.11 bits per heavy atom. The summed E-state index contributed by atoms with van der Waals surface area (Å²) in [5.41, 5.74) is -1.03. The molecule has 0 N–H and O–H groups in total. The highest BCUT2D eigenvalue weighted by Gasteiger charge is 2.24. The average molecular weight is 278 g/mol. The van der Waals surface area contributed by atoms with Crippen molar-refractivity contribution in [2.45, 2.75) is 26.4 Å². The third-order valence-corrected chi connectivity index (χ3v) is 2.08. The molecule has 0 spiro atoms. The molecule has 0 fully saturated rings. The summed E-state index contributed by atoms with van der Waals surface area (Å²) in [7, 11) is 0. The zero-order valence-electron chi connectivity index (χ0n) is 10.1. The summed E-state index contributed by atoms with van der Waals surface area (Å²) in [6.07, 6.45) is -1.38. The lowest BCUT2D eigenvalue weighted by atomic mass is 10.1. The maximum Gasteiger partial charge on any atom is 0.313 e. The average Bonchev–Trinajstić information content (AvgIpc) is 2.29. The lowest BCUT2D eigenvalue weighted by Gasteiger charge is -2.08. The van der Waals surface area contributed by atoms with Crippen molar-refractivity contribution >= 4 is 11.8 Å². The molecule has 0 aliphatic carbocycles. The maximum atomic E-state index is 13.3. The molecule has 19 heavy (non-hydrogen) atoms. The molecular weight excluding hydrogens is 268 g/mol. The van der Waals surface area contributed by atoms with E-state index in [1.807, 2.05) is 0 Å². The van der Waals surface area contributed by atoms with Gasteiger partial charge in [0.1, 0.15) is 6.42 Å². The molecule has 0 heterocycles. The maximum absolute atomic E-state index is 13.3. The van der Waals surface area contributed by atoms with Gasteiger partial charge in [0.25, 0.3) is 0 Å². The normalized spacial score (nSPS) is 10.7. The van der Waals surface area contributed by atoms with E-state index in [2.05, 4.69) is 4.74 Å². The van der Waals surface area contributed by atoms with Crippen molar-refractivity contribution in [2.75, 3.05) is 0 Å². The van der Waals surface area contributed by atoms with E-state index >= 15 is 0 Å². The zero-order valence-corrected chi connectivity index (χ0v) is 10.1. The Hall–Kier alpha value is -1.92. The van der Waals surface area contributed by atoms with Gasteiger partial charge in [0.2, 0.25) is 0 Å². The Labute approximate surface area is 106 Å². The molecule has 7 heteroatoms. The summed E-state index contributed by atoms with van der Waals surface area (Å²) in [6, 6.07) is 0.207. The summed E-state index contributed by atoms with van der Waals surface area (Å²) in [6.45, 7) is 3.06. The molecule has 0 amide bonds. The number of ether oxygens (including phenoxy) is 1. The Balaban J connectivity index is 2.98. The van der Waals surface area contributed by atoms with Crippen molar-refractivity contribution in [3.05, 3.63) is 34.9 Å². The van der Waals surface area contributed by atoms with Crippen LogP contribution < -0.4 is 0 Å². The second-order valence-corrected chi connectivity index (χ2v) is 3.99. The highest BCUT2D eigenvalue weighted by molar-refractivity contribution is 6.06. The van der Waals surface area contributed by atoms with Crippen molar-refractivity contribution in [3.63, 3.8) is 0 Å². The number of halogens is 4. The molecule has 1 aromatic carbocycles. The van der Waals surface area contributed by atoms with Crippen molar-refractivity contribution < 1.29 is 31.9 Å². The highest BCUT2D eigenvalue weighted by Crippen LogP contribution is 2.20. The first-order valence-corrected chi connectivity index (χ1v) is 5.29. The van der Waals surface area contributed by atoms with Crippen LogP contribution >= 0.6 is 0 Å². The van der Waals surface area contributed by atoms with E-state index < -0.39 is 53.1 Å². The van der Waals surface area contributed by atoms with E-state index in [4.69, 9.17) is 0 Å². The van der Waals surface area contributed by atoms with Crippen LogP contribution in [0.15, 0.2) is 6.07 Å². The van der Waals surface area contributed by atoms with E-state index in [9.17, 15) is 27.2 Å². The predicted molar refractivity (Wildman–Crippen MR) is 56.4 cm³/mol. The molecule has 0 saturated heterocycles. The Morgan fingerprint density at radius 3 is 2.21 bits per heavy atom. The van der Waals surface area contributed by atoms with Crippen molar-refractivity contribution in [2.24, 2.45) is 0 Å². The number of benzene rings is 1. The third-order valence-electron chi connectivity index (χ3n) is 2.08. The molecule has 0 aromatic heterocycles. The van der Waals surface area contributed by atoms with Crippen LogP contribution in [0.1, 0.15) is 30.6 Å². The fraction of sp³-hybridized carbons (Fsp3) is 0.333. The van der Waals surface area contributed by atoms with Gasteiger partial charge in [0.05, 0.1) is 11.7 Å². The minimum atomic E-state index is -2.10. The summed E-state index contributed by atoms with van der Waals surface area (Å²) < 4.78 is 56.3. The topological polar surface area (TPSA) is 43.4 Å². The smallest absolute Gasteiger partial charge is 0.313 e. The lowest BCUT2D eigenvalue weighted by molar-refractivity contribution is -0.146. The number of rotatable bonds is 4. The van der Waals surface area contributed by atoms with Crippen LogP contribution in [-0.4, -0.2) is 17.9 Å². The summed E-state index contributed by atoms with van der Waals surface area (Å²) in [5, 5.41) is 0. The van der Waals surface area contributed by atoms with Gasteiger partial charge in [0.15, 0.2) is 29.1 Å². The van der Waals surface area contributed by atoms with Gasteiger partial charge in [-0.1, -0.05) is 0 Å². The predicted octanol–water partition coefficient (Wildman–Crippen LogP) is 2.77. The fourth-order valence-electron chi connectivity index (χ4n) is 1.31. The van der Waals surface area contributed by atoms with E-state index in [1.54, 1.807) is 0 Å². The monoisotopic (exact) mass is 278 g/mol. The number of esters is 1. The number of carbonyl (C=O) groups excluding carboxylic acids is 2. The van der Waals surface area contributed by atoms with Gasteiger partial charge in [-0.05, 0) is 19.9 Å². The van der Waals surface area contributed by atoms with Crippen molar-refractivity contribution in [1.82, 2.24) is 0 Å². The molecular formula is C12H10F4O3. The Kier molecular flexibility index (Phi) is 4.63. The quantitative estimate of drug-likeness (QED) is 0.212. The molecule has 0 unspecified atom stereocenters. The van der Waals surface area contributed by atoms with Crippen LogP contribution in [0.5, 0.6) is 0 Å². The molecule has 0 saturated carbocycles. The molecule has 0 aliphatic rings. The van der Waals surface area contributed by atoms with Gasteiger partial charge in [-0.2, -0.15) is 0 Å². The van der Waals surface area contributed by atoms with Crippen LogP contribution in [0.2, 0.25) is 0 Å². The molecule has 104 valence electrons. The first kappa shape index (κ1) is 15.1. The molecule has 1 aromatic rings. The molecule has 3 nitrogen and oxygen atoms in total. The standard InChI is InChI=1S/C12H10F4O3/c1-5(2)19-9(18)4-8(17)6-3-7(13)11(15)12(16)10(6)14/h3,5H,4H2,1-2H3. The summed E-state index contributed by atoms with van der Waals surface area (Å²) in [4.78, 5) is 22.6. The largest absolute Gasteiger partial charge is 0.463 e. The number of Topliss-reactive ketones (excluding diaryl/α,β-unsaturated/α-hetero) is 1. The van der Waals surface area contributed by atoms with Gasteiger partial charge in [-0.15, -0.1) is 0 Å². The van der Waals surface area contributed by atoms with Gasteiger partial charge < -0.3 is 4.74 Å². The van der Waals surface area contributed by atoms with E-state index in [-0.39, 0.29) is 6.07 Å². The first-order valence-electron chi connectivity index (χ1n) is 5.29. The van der Waals surface area contributed by atoms with E-state index in [1.165, 1.54) is 13.8 Å². The van der Waals surface area contributed by atoms with Gasteiger partial charge >= 0.3 is 5.97 Å². The van der Waals surface area contributed by atoms with Gasteiger partial charge in [0, 0.05) is 0 Å². The van der Waals surface area contributed by atoms with Crippen LogP contribution in [0.3, 0.4) is 0 Å². The number of hydrogen-bond donors (Lipinski definition) is 0. The van der Waals surface area contributed by atoms with Gasteiger partial charge in [-0.3, -0.25) is 9.59 Å². The minimum absolute atomic E-state index is 0.207. The molecule has 0 atom stereocenters. The Morgan fingerprint density at radius 2 is 1.68 bits per heavy atom. The Bertz CT molecular complexity index is 526. The van der Waals surface area contributed by atoms with E-state index in [0.717, 1.165) is 0 Å². The SMILES string of the molecule is CC(C)OC(=O)CC(=O)c1cc(F)c(F)c(F)c1F. The molecule has 0 radical (unpaired) electrons. The second kappa shape index (κ2) is 5.81. The van der Waals surface area contributed by atoms with Crippen LogP contribution in [0, 0.1) is 23.3 Å². The van der Waals surface area contributed by atoms with Crippen LogP contribution in [-0.2, 0) is 9.53 Å². The summed E-state index contributed by atoms with van der Waals surface area (Å²) >= 11 is 0. The zero-order chi connectivity index (χ0) is 14.7. The van der Waals surface area contributed by atoms with Crippen LogP contribution in [0.25, 0.3) is 0 Å². The summed E-state index contributed by atoms with van der Waals surface area (Å²) in [5.74, 6) is -9.81. The molecule has 0 bridgehead atoms. The van der Waals surface area contributed by atoms with Gasteiger partial charge in [-0.25, -0.2) is 17.6 Å². The first-order chi connectivity index (χ1) is 8.73. The third kappa shape index (κ3) is 3.52. The number of ketones is 1. The number of hydrogen-bond acceptors (Lipinski definition) is 3. The molecule has 0 aliphatic heterocycles. The minimum Gasteiger partial charge on any atom is -0.463 e. The van der Waals surface area contributed by atoms with Crippen molar-refractivity contribution in [1.29, 1.82) is 0 Å². The number of carbonyl (C=O) groups is 2.